The zero-order valence-electron chi connectivity index (χ0n) is 10.1. The molecule has 0 atom stereocenters. The van der Waals surface area contributed by atoms with E-state index in [1.807, 2.05) is 20.0 Å². The van der Waals surface area contributed by atoms with Gasteiger partial charge in [0, 0.05) is 12.2 Å². The van der Waals surface area contributed by atoms with Crippen molar-refractivity contribution in [2.45, 2.75) is 19.9 Å². The molecular formula is C13H15FN2O. The molecule has 0 N–H and O–H groups in total. The van der Waals surface area contributed by atoms with Gasteiger partial charge in [-0.05, 0) is 32.0 Å². The Bertz CT molecular complexity index is 520. The van der Waals surface area contributed by atoms with Gasteiger partial charge in [0.2, 0.25) is 0 Å². The van der Waals surface area contributed by atoms with Crippen LogP contribution in [0.5, 0.6) is 5.75 Å². The molecule has 2 rings (SSSR count). The number of rotatable bonds is 3. The minimum absolute atomic E-state index is 0.251. The zero-order chi connectivity index (χ0) is 12.4. The Morgan fingerprint density at radius 2 is 2.06 bits per heavy atom. The smallest absolute Gasteiger partial charge is 0.136 e. The van der Waals surface area contributed by atoms with Crippen LogP contribution in [0.3, 0.4) is 0 Å². The van der Waals surface area contributed by atoms with Crippen LogP contribution >= 0.6 is 0 Å². The van der Waals surface area contributed by atoms with E-state index >= 15 is 0 Å². The third-order valence-electron chi connectivity index (χ3n) is 2.59. The molecule has 1 heterocycles. The second kappa shape index (κ2) is 4.57. The highest BCUT2D eigenvalue weighted by molar-refractivity contribution is 5.67. The van der Waals surface area contributed by atoms with E-state index in [1.54, 1.807) is 22.9 Å². The fraction of sp³-hybridized carbons (Fsp3) is 0.308. The maximum Gasteiger partial charge on any atom is 0.136 e. The van der Waals surface area contributed by atoms with Gasteiger partial charge < -0.3 is 4.74 Å². The van der Waals surface area contributed by atoms with Crippen LogP contribution in [-0.2, 0) is 0 Å². The molecule has 0 saturated carbocycles. The third-order valence-corrected chi connectivity index (χ3v) is 2.59. The molecule has 3 nitrogen and oxygen atoms in total. The summed E-state index contributed by atoms with van der Waals surface area (Å²) in [5, 5.41) is 4.35. The van der Waals surface area contributed by atoms with Crippen molar-refractivity contribution in [1.82, 2.24) is 9.78 Å². The van der Waals surface area contributed by atoms with E-state index in [-0.39, 0.29) is 11.9 Å². The summed E-state index contributed by atoms with van der Waals surface area (Å²) < 4.78 is 20.8. The molecule has 0 spiro atoms. The molecule has 0 fully saturated rings. The van der Waals surface area contributed by atoms with Crippen molar-refractivity contribution in [1.29, 1.82) is 0 Å². The van der Waals surface area contributed by atoms with Gasteiger partial charge in [0.25, 0.3) is 0 Å². The first-order valence-corrected chi connectivity index (χ1v) is 5.51. The van der Waals surface area contributed by atoms with Crippen LogP contribution in [0, 0.1) is 5.82 Å². The Morgan fingerprint density at radius 3 is 2.65 bits per heavy atom. The van der Waals surface area contributed by atoms with Crippen LogP contribution < -0.4 is 4.74 Å². The van der Waals surface area contributed by atoms with Crippen molar-refractivity contribution in [2.24, 2.45) is 0 Å². The van der Waals surface area contributed by atoms with Crippen molar-refractivity contribution in [3.8, 4) is 17.0 Å². The Labute approximate surface area is 99.8 Å². The molecule has 4 heteroatoms. The first-order valence-electron chi connectivity index (χ1n) is 5.51. The lowest BCUT2D eigenvalue weighted by molar-refractivity contribution is 0.413. The lowest BCUT2D eigenvalue weighted by Crippen LogP contribution is -2.01. The van der Waals surface area contributed by atoms with Crippen LogP contribution in [0.2, 0.25) is 0 Å². The summed E-state index contributed by atoms with van der Waals surface area (Å²) in [4.78, 5) is 0. The molecule has 0 aliphatic rings. The van der Waals surface area contributed by atoms with Gasteiger partial charge in [0.05, 0.1) is 18.4 Å². The topological polar surface area (TPSA) is 27.1 Å². The van der Waals surface area contributed by atoms with Crippen molar-refractivity contribution < 1.29 is 9.13 Å². The lowest BCUT2D eigenvalue weighted by atomic mass is 10.1. The van der Waals surface area contributed by atoms with E-state index in [9.17, 15) is 4.39 Å². The van der Waals surface area contributed by atoms with Crippen molar-refractivity contribution >= 4 is 0 Å². The second-order valence-electron chi connectivity index (χ2n) is 4.09. The summed E-state index contributed by atoms with van der Waals surface area (Å²) in [5.41, 5.74) is 1.00. The van der Waals surface area contributed by atoms with Crippen molar-refractivity contribution in [2.75, 3.05) is 7.11 Å². The van der Waals surface area contributed by atoms with Gasteiger partial charge in [-0.1, -0.05) is 6.07 Å². The quantitative estimate of drug-likeness (QED) is 0.814. The molecule has 2 aromatic rings. The molecule has 0 unspecified atom stereocenters. The van der Waals surface area contributed by atoms with Gasteiger partial charge in [0.1, 0.15) is 11.6 Å². The minimum Gasteiger partial charge on any atom is -0.496 e. The molecule has 0 saturated heterocycles. The minimum atomic E-state index is -0.321. The number of methoxy groups -OCH3 is 1. The molecule has 0 aliphatic carbocycles. The Hall–Kier alpha value is -1.84. The normalized spacial score (nSPS) is 10.9. The van der Waals surface area contributed by atoms with Crippen LogP contribution in [-0.4, -0.2) is 16.9 Å². The molecule has 0 radical (unpaired) electrons. The maximum atomic E-state index is 13.8. The van der Waals surface area contributed by atoms with Crippen LogP contribution in [0.4, 0.5) is 4.39 Å². The Kier molecular flexibility index (Phi) is 3.13. The molecule has 1 aromatic heterocycles. The van der Waals surface area contributed by atoms with E-state index < -0.39 is 0 Å². The third kappa shape index (κ3) is 2.16. The van der Waals surface area contributed by atoms with E-state index in [4.69, 9.17) is 4.74 Å². The predicted octanol–water partition coefficient (Wildman–Crippen LogP) is 3.28. The van der Waals surface area contributed by atoms with Crippen LogP contribution in [0.25, 0.3) is 11.3 Å². The van der Waals surface area contributed by atoms with Gasteiger partial charge in [0.15, 0.2) is 0 Å². The SMILES string of the molecule is COc1cccc(F)c1-c1ccn(C(C)C)n1. The number of nitrogens with zero attached hydrogens (tertiary/aromatic N) is 2. The lowest BCUT2D eigenvalue weighted by Gasteiger charge is -2.07. The number of halogens is 1. The van der Waals surface area contributed by atoms with E-state index in [0.717, 1.165) is 0 Å². The second-order valence-corrected chi connectivity index (χ2v) is 4.09. The molecule has 0 amide bonds. The summed E-state index contributed by atoms with van der Waals surface area (Å²) >= 11 is 0. The summed E-state index contributed by atoms with van der Waals surface area (Å²) in [5.74, 6) is 0.178. The summed E-state index contributed by atoms with van der Waals surface area (Å²) in [6.07, 6.45) is 1.84. The summed E-state index contributed by atoms with van der Waals surface area (Å²) in [6.45, 7) is 4.05. The van der Waals surface area contributed by atoms with Gasteiger partial charge in [-0.25, -0.2) is 4.39 Å². The molecular weight excluding hydrogens is 219 g/mol. The average Bonchev–Trinajstić information content (AvgIpc) is 2.77. The number of hydrogen-bond acceptors (Lipinski definition) is 2. The zero-order valence-corrected chi connectivity index (χ0v) is 10.1. The van der Waals surface area contributed by atoms with E-state index in [1.165, 1.54) is 13.2 Å². The van der Waals surface area contributed by atoms with Crippen molar-refractivity contribution in [3.05, 3.63) is 36.3 Å². The molecule has 17 heavy (non-hydrogen) atoms. The summed E-state index contributed by atoms with van der Waals surface area (Å²) in [6, 6.07) is 6.80. The largest absolute Gasteiger partial charge is 0.496 e. The Morgan fingerprint density at radius 1 is 1.29 bits per heavy atom. The average molecular weight is 234 g/mol. The van der Waals surface area contributed by atoms with E-state index in [0.29, 0.717) is 17.0 Å². The highest BCUT2D eigenvalue weighted by atomic mass is 19.1. The Balaban J connectivity index is 2.51. The maximum absolute atomic E-state index is 13.8. The molecule has 90 valence electrons. The highest BCUT2D eigenvalue weighted by Gasteiger charge is 2.14. The number of hydrogen-bond donors (Lipinski definition) is 0. The highest BCUT2D eigenvalue weighted by Crippen LogP contribution is 2.31. The van der Waals surface area contributed by atoms with E-state index in [2.05, 4.69) is 5.10 Å². The fourth-order valence-corrected chi connectivity index (χ4v) is 1.68. The van der Waals surface area contributed by atoms with Gasteiger partial charge >= 0.3 is 0 Å². The van der Waals surface area contributed by atoms with Crippen LogP contribution in [0.15, 0.2) is 30.5 Å². The number of aromatic nitrogens is 2. The predicted molar refractivity (Wildman–Crippen MR) is 64.6 cm³/mol. The first-order chi connectivity index (χ1) is 8.13. The van der Waals surface area contributed by atoms with Gasteiger partial charge in [-0.3, -0.25) is 4.68 Å². The molecule has 0 aliphatic heterocycles. The number of benzene rings is 1. The van der Waals surface area contributed by atoms with Gasteiger partial charge in [-0.15, -0.1) is 0 Å². The van der Waals surface area contributed by atoms with Gasteiger partial charge in [-0.2, -0.15) is 5.10 Å². The summed E-state index contributed by atoms with van der Waals surface area (Å²) in [7, 11) is 1.53. The molecule has 0 bridgehead atoms. The standard InChI is InChI=1S/C13H15FN2O/c1-9(2)16-8-7-11(15-16)13-10(14)5-4-6-12(13)17-3/h4-9H,1-3H3. The number of ether oxygens (including phenoxy) is 1. The molecule has 1 aromatic carbocycles. The fourth-order valence-electron chi connectivity index (χ4n) is 1.68. The monoisotopic (exact) mass is 234 g/mol. The van der Waals surface area contributed by atoms with Crippen molar-refractivity contribution in [3.63, 3.8) is 0 Å². The van der Waals surface area contributed by atoms with Crippen LogP contribution in [0.1, 0.15) is 19.9 Å². The first kappa shape index (κ1) is 11.6.